The van der Waals surface area contributed by atoms with Crippen LogP contribution in [0.2, 0.25) is 0 Å². The Kier molecular flexibility index (Phi) is 4.87. The molecule has 0 spiro atoms. The van der Waals surface area contributed by atoms with E-state index in [9.17, 15) is 14.4 Å². The highest BCUT2D eigenvalue weighted by Gasteiger charge is 2.69. The Balaban J connectivity index is 1.88. The Morgan fingerprint density at radius 2 is 1.87 bits per heavy atom. The van der Waals surface area contributed by atoms with E-state index in [4.69, 9.17) is 32.7 Å². The standard InChI is InChI=1S/C15H15Cl2NO5/c1-14(8-15(14,16)17)13(21)23-7-11(19)18-12(20)9-5-3-4-6-10(9)22-2/h3-6H,7-8H2,1-2H3,(H,18,19,20)/t14-/m1/s1. The lowest BCUT2D eigenvalue weighted by Crippen LogP contribution is -2.35. The van der Waals surface area contributed by atoms with Gasteiger partial charge in [0.05, 0.1) is 12.7 Å². The summed E-state index contributed by atoms with van der Waals surface area (Å²) in [6.07, 6.45) is 0.254. The molecule has 0 saturated heterocycles. The van der Waals surface area contributed by atoms with Gasteiger partial charge in [-0.3, -0.25) is 19.7 Å². The molecule has 0 aromatic heterocycles. The summed E-state index contributed by atoms with van der Waals surface area (Å²) >= 11 is 11.7. The fourth-order valence-corrected chi connectivity index (χ4v) is 2.66. The van der Waals surface area contributed by atoms with Crippen molar-refractivity contribution in [3.05, 3.63) is 29.8 Å². The Bertz CT molecular complexity index is 661. The summed E-state index contributed by atoms with van der Waals surface area (Å²) in [6.45, 7) is 0.951. The van der Waals surface area contributed by atoms with Gasteiger partial charge < -0.3 is 9.47 Å². The van der Waals surface area contributed by atoms with Crippen molar-refractivity contribution in [3.63, 3.8) is 0 Å². The Morgan fingerprint density at radius 3 is 2.43 bits per heavy atom. The highest BCUT2D eigenvalue weighted by Crippen LogP contribution is 2.64. The number of carbonyl (C=O) groups is 3. The maximum absolute atomic E-state index is 12.0. The molecule has 1 aliphatic rings. The lowest BCUT2D eigenvalue weighted by atomic mass is 10.1. The molecule has 23 heavy (non-hydrogen) atoms. The number of nitrogens with one attached hydrogen (secondary N) is 1. The van der Waals surface area contributed by atoms with Crippen molar-refractivity contribution in [2.75, 3.05) is 13.7 Å². The van der Waals surface area contributed by atoms with Gasteiger partial charge in [-0.05, 0) is 19.1 Å². The number of esters is 1. The van der Waals surface area contributed by atoms with Crippen LogP contribution in [0.3, 0.4) is 0 Å². The minimum atomic E-state index is -1.17. The third kappa shape index (κ3) is 3.59. The number of alkyl halides is 2. The number of para-hydroxylation sites is 1. The number of amides is 2. The molecule has 1 N–H and O–H groups in total. The molecule has 1 fully saturated rings. The van der Waals surface area contributed by atoms with Crippen molar-refractivity contribution in [3.8, 4) is 5.75 Å². The molecule has 2 amide bonds. The van der Waals surface area contributed by atoms with Crippen LogP contribution in [-0.2, 0) is 14.3 Å². The first kappa shape index (κ1) is 17.6. The van der Waals surface area contributed by atoms with E-state index in [0.29, 0.717) is 5.75 Å². The number of hydrogen-bond acceptors (Lipinski definition) is 5. The van der Waals surface area contributed by atoms with E-state index < -0.39 is 34.1 Å². The molecule has 0 aliphatic heterocycles. The predicted molar refractivity (Wildman–Crippen MR) is 83.6 cm³/mol. The molecule has 1 saturated carbocycles. The summed E-state index contributed by atoms with van der Waals surface area (Å²) in [6, 6.07) is 6.43. The average molecular weight is 360 g/mol. The van der Waals surface area contributed by atoms with Crippen molar-refractivity contribution in [1.29, 1.82) is 0 Å². The molecule has 124 valence electrons. The Labute approximate surface area is 143 Å². The summed E-state index contributed by atoms with van der Waals surface area (Å²) in [5, 5.41) is 2.12. The zero-order valence-electron chi connectivity index (χ0n) is 12.5. The van der Waals surface area contributed by atoms with Gasteiger partial charge in [0, 0.05) is 6.42 Å². The first-order valence-corrected chi connectivity index (χ1v) is 7.49. The van der Waals surface area contributed by atoms with Crippen LogP contribution >= 0.6 is 23.2 Å². The van der Waals surface area contributed by atoms with Crippen LogP contribution in [0.4, 0.5) is 0 Å². The summed E-state index contributed by atoms with van der Waals surface area (Å²) < 4.78 is 8.72. The molecule has 1 atom stereocenters. The van der Waals surface area contributed by atoms with E-state index in [0.717, 1.165) is 0 Å². The third-order valence-corrected chi connectivity index (χ3v) is 4.75. The number of hydrogen-bond donors (Lipinski definition) is 1. The zero-order valence-corrected chi connectivity index (χ0v) is 14.0. The van der Waals surface area contributed by atoms with Gasteiger partial charge in [-0.25, -0.2) is 0 Å². The number of benzene rings is 1. The molecule has 0 radical (unpaired) electrons. The van der Waals surface area contributed by atoms with E-state index >= 15 is 0 Å². The molecule has 6 nitrogen and oxygen atoms in total. The maximum Gasteiger partial charge on any atom is 0.315 e. The quantitative estimate of drug-likeness (QED) is 0.642. The van der Waals surface area contributed by atoms with E-state index in [1.807, 2.05) is 0 Å². The maximum atomic E-state index is 12.0. The van der Waals surface area contributed by atoms with Gasteiger partial charge in [-0.1, -0.05) is 12.1 Å². The first-order valence-electron chi connectivity index (χ1n) is 6.73. The van der Waals surface area contributed by atoms with Gasteiger partial charge in [-0.15, -0.1) is 23.2 Å². The fraction of sp³-hybridized carbons (Fsp3) is 0.400. The van der Waals surface area contributed by atoms with Crippen LogP contribution in [0.25, 0.3) is 0 Å². The number of ether oxygens (including phenoxy) is 2. The van der Waals surface area contributed by atoms with Crippen molar-refractivity contribution in [2.45, 2.75) is 17.7 Å². The van der Waals surface area contributed by atoms with Crippen molar-refractivity contribution in [1.82, 2.24) is 5.32 Å². The van der Waals surface area contributed by atoms with Crippen LogP contribution in [0, 0.1) is 5.41 Å². The minimum Gasteiger partial charge on any atom is -0.496 e. The van der Waals surface area contributed by atoms with Crippen LogP contribution < -0.4 is 10.1 Å². The highest BCUT2D eigenvalue weighted by atomic mass is 35.5. The molecule has 8 heteroatoms. The van der Waals surface area contributed by atoms with Gasteiger partial charge in [0.2, 0.25) is 0 Å². The number of halogens is 2. The number of carbonyl (C=O) groups excluding carboxylic acids is 3. The topological polar surface area (TPSA) is 81.7 Å². The van der Waals surface area contributed by atoms with Gasteiger partial charge in [0.15, 0.2) is 6.61 Å². The second kappa shape index (κ2) is 6.37. The fourth-order valence-electron chi connectivity index (χ4n) is 1.97. The minimum absolute atomic E-state index is 0.198. The monoisotopic (exact) mass is 359 g/mol. The van der Waals surface area contributed by atoms with Crippen molar-refractivity contribution in [2.24, 2.45) is 5.41 Å². The van der Waals surface area contributed by atoms with E-state index in [1.165, 1.54) is 13.2 Å². The number of rotatable bonds is 5. The molecule has 1 aromatic rings. The van der Waals surface area contributed by atoms with Crippen LogP contribution in [0.5, 0.6) is 5.75 Å². The largest absolute Gasteiger partial charge is 0.496 e. The van der Waals surface area contributed by atoms with Gasteiger partial charge in [0.25, 0.3) is 11.8 Å². The lowest BCUT2D eigenvalue weighted by Gasteiger charge is -2.12. The van der Waals surface area contributed by atoms with Crippen LogP contribution in [0.1, 0.15) is 23.7 Å². The van der Waals surface area contributed by atoms with E-state index in [1.54, 1.807) is 25.1 Å². The van der Waals surface area contributed by atoms with Gasteiger partial charge in [-0.2, -0.15) is 0 Å². The molecule has 0 bridgehead atoms. The van der Waals surface area contributed by atoms with E-state index in [2.05, 4.69) is 5.32 Å². The average Bonchev–Trinajstić information content (AvgIpc) is 3.04. The number of imide groups is 1. The third-order valence-electron chi connectivity index (χ3n) is 3.65. The van der Waals surface area contributed by atoms with Crippen LogP contribution in [0.15, 0.2) is 24.3 Å². The molecule has 1 aliphatic carbocycles. The Morgan fingerprint density at radius 1 is 1.26 bits per heavy atom. The summed E-state index contributed by atoms with van der Waals surface area (Å²) in [5.74, 6) is -1.75. The van der Waals surface area contributed by atoms with Crippen molar-refractivity contribution < 1.29 is 23.9 Å². The predicted octanol–water partition coefficient (Wildman–Crippen LogP) is 2.08. The van der Waals surface area contributed by atoms with E-state index in [-0.39, 0.29) is 12.0 Å². The van der Waals surface area contributed by atoms with Gasteiger partial charge in [0.1, 0.15) is 15.5 Å². The summed E-state index contributed by atoms with van der Waals surface area (Å²) in [5.41, 5.74) is -0.826. The molecular formula is C15H15Cl2NO5. The first-order chi connectivity index (χ1) is 10.7. The van der Waals surface area contributed by atoms with Crippen molar-refractivity contribution >= 4 is 41.0 Å². The SMILES string of the molecule is COc1ccccc1C(=O)NC(=O)COC(=O)[C@@]1(C)CC1(Cl)Cl. The molecule has 1 aromatic carbocycles. The Hall–Kier alpha value is -1.79. The lowest BCUT2D eigenvalue weighted by molar-refractivity contribution is -0.153. The second-order valence-corrected chi connectivity index (χ2v) is 6.85. The summed E-state index contributed by atoms with van der Waals surface area (Å²) in [7, 11) is 1.41. The second-order valence-electron chi connectivity index (χ2n) is 5.37. The molecule has 0 heterocycles. The normalized spacial score (nSPS) is 21.2. The molecule has 0 unspecified atom stereocenters. The molecule has 2 rings (SSSR count). The zero-order chi connectivity index (χ0) is 17.3. The smallest absolute Gasteiger partial charge is 0.315 e. The van der Waals surface area contributed by atoms with Gasteiger partial charge >= 0.3 is 5.97 Å². The highest BCUT2D eigenvalue weighted by molar-refractivity contribution is 6.53. The molecular weight excluding hydrogens is 345 g/mol. The summed E-state index contributed by atoms with van der Waals surface area (Å²) in [4.78, 5) is 35.5. The number of methoxy groups -OCH3 is 1. The van der Waals surface area contributed by atoms with Crippen LogP contribution in [-0.4, -0.2) is 35.8 Å².